The number of ether oxygens (including phenoxy) is 1. The van der Waals surface area contributed by atoms with E-state index < -0.39 is 17.4 Å². The lowest BCUT2D eigenvalue weighted by Gasteiger charge is -2.12. The van der Waals surface area contributed by atoms with E-state index in [1.807, 2.05) is 32.0 Å². The molecule has 0 atom stereocenters. The Morgan fingerprint density at radius 3 is 2.08 bits per heavy atom. The van der Waals surface area contributed by atoms with E-state index in [2.05, 4.69) is 0 Å². The second-order valence-corrected chi connectivity index (χ2v) is 5.98. The van der Waals surface area contributed by atoms with Gasteiger partial charge in [-0.25, -0.2) is 8.78 Å². The van der Waals surface area contributed by atoms with Crippen molar-refractivity contribution in [2.45, 2.75) is 20.5 Å². The zero-order valence-corrected chi connectivity index (χ0v) is 14.0. The van der Waals surface area contributed by atoms with E-state index >= 15 is 0 Å². The molecule has 0 aliphatic carbocycles. The van der Waals surface area contributed by atoms with Gasteiger partial charge in [-0.05, 0) is 65.9 Å². The third kappa shape index (κ3) is 3.63. The van der Waals surface area contributed by atoms with Gasteiger partial charge in [0, 0.05) is 0 Å². The molecule has 2 nitrogen and oxygen atoms in total. The van der Waals surface area contributed by atoms with Gasteiger partial charge in [0.25, 0.3) is 0 Å². The molecule has 0 aliphatic rings. The number of aromatic hydroxyl groups is 1. The van der Waals surface area contributed by atoms with E-state index in [1.54, 1.807) is 24.3 Å². The Morgan fingerprint density at radius 1 is 0.840 bits per heavy atom. The highest BCUT2D eigenvalue weighted by Gasteiger charge is 2.11. The SMILES string of the molecule is Cc1cccc(C)c1COc1cccc(-c2cc(F)c(O)c(F)c2)c1. The zero-order chi connectivity index (χ0) is 18.0. The van der Waals surface area contributed by atoms with Crippen LogP contribution in [0.25, 0.3) is 11.1 Å². The Balaban J connectivity index is 1.85. The number of benzene rings is 3. The monoisotopic (exact) mass is 340 g/mol. The topological polar surface area (TPSA) is 29.5 Å². The summed E-state index contributed by atoms with van der Waals surface area (Å²) >= 11 is 0. The second-order valence-electron chi connectivity index (χ2n) is 5.98. The van der Waals surface area contributed by atoms with Crippen molar-refractivity contribution in [3.63, 3.8) is 0 Å². The highest BCUT2D eigenvalue weighted by Crippen LogP contribution is 2.30. The molecule has 128 valence electrons. The van der Waals surface area contributed by atoms with Gasteiger partial charge < -0.3 is 9.84 Å². The lowest BCUT2D eigenvalue weighted by Crippen LogP contribution is -2.00. The van der Waals surface area contributed by atoms with Crippen molar-refractivity contribution in [3.05, 3.63) is 82.9 Å². The molecule has 0 saturated heterocycles. The van der Waals surface area contributed by atoms with E-state index in [1.165, 1.54) is 0 Å². The first-order valence-electron chi connectivity index (χ1n) is 7.92. The van der Waals surface area contributed by atoms with Crippen molar-refractivity contribution in [1.82, 2.24) is 0 Å². The molecule has 0 spiro atoms. The maximum atomic E-state index is 13.6. The van der Waals surface area contributed by atoms with Crippen molar-refractivity contribution in [2.75, 3.05) is 0 Å². The van der Waals surface area contributed by atoms with Crippen LogP contribution in [0.15, 0.2) is 54.6 Å². The number of hydrogen-bond donors (Lipinski definition) is 1. The Labute approximate surface area is 145 Å². The van der Waals surface area contributed by atoms with Gasteiger partial charge in [-0.2, -0.15) is 0 Å². The molecule has 4 heteroatoms. The van der Waals surface area contributed by atoms with Gasteiger partial charge in [-0.1, -0.05) is 30.3 Å². The first-order chi connectivity index (χ1) is 12.0. The van der Waals surface area contributed by atoms with Crippen LogP contribution < -0.4 is 4.74 Å². The van der Waals surface area contributed by atoms with Crippen LogP contribution in [0.1, 0.15) is 16.7 Å². The summed E-state index contributed by atoms with van der Waals surface area (Å²) in [7, 11) is 0. The highest BCUT2D eigenvalue weighted by atomic mass is 19.1. The minimum absolute atomic E-state index is 0.338. The van der Waals surface area contributed by atoms with Gasteiger partial charge in [0.05, 0.1) is 0 Å². The first kappa shape index (κ1) is 17.0. The van der Waals surface area contributed by atoms with Crippen LogP contribution in [0, 0.1) is 25.5 Å². The van der Waals surface area contributed by atoms with Crippen LogP contribution in [0.4, 0.5) is 8.78 Å². The Hall–Kier alpha value is -2.88. The van der Waals surface area contributed by atoms with E-state index in [-0.39, 0.29) is 0 Å². The Morgan fingerprint density at radius 2 is 1.44 bits per heavy atom. The molecule has 3 aromatic rings. The molecule has 25 heavy (non-hydrogen) atoms. The molecule has 0 aliphatic heterocycles. The fourth-order valence-corrected chi connectivity index (χ4v) is 2.73. The van der Waals surface area contributed by atoms with E-state index in [0.29, 0.717) is 23.5 Å². The lowest BCUT2D eigenvalue weighted by molar-refractivity contribution is 0.305. The quantitative estimate of drug-likeness (QED) is 0.676. The van der Waals surface area contributed by atoms with Gasteiger partial charge in [0.15, 0.2) is 17.4 Å². The molecule has 3 aromatic carbocycles. The number of aryl methyl sites for hydroxylation is 2. The van der Waals surface area contributed by atoms with Crippen molar-refractivity contribution in [3.8, 4) is 22.6 Å². The normalized spacial score (nSPS) is 10.7. The molecule has 0 aromatic heterocycles. The van der Waals surface area contributed by atoms with Crippen LogP contribution in [0.5, 0.6) is 11.5 Å². The number of phenols is 1. The van der Waals surface area contributed by atoms with E-state index in [9.17, 15) is 13.9 Å². The maximum absolute atomic E-state index is 13.6. The highest BCUT2D eigenvalue weighted by molar-refractivity contribution is 5.66. The molecular formula is C21H18F2O2. The van der Waals surface area contributed by atoms with Crippen LogP contribution in [0.3, 0.4) is 0 Å². The lowest BCUT2D eigenvalue weighted by atomic mass is 10.0. The first-order valence-corrected chi connectivity index (χ1v) is 7.92. The van der Waals surface area contributed by atoms with E-state index in [4.69, 9.17) is 4.74 Å². The fourth-order valence-electron chi connectivity index (χ4n) is 2.73. The standard InChI is InChI=1S/C21H18F2O2/c1-13-5-3-6-14(2)18(13)12-25-17-8-4-7-15(9-17)16-10-19(22)21(24)20(23)11-16/h3-11,24H,12H2,1-2H3. The summed E-state index contributed by atoms with van der Waals surface area (Å²) in [4.78, 5) is 0. The van der Waals surface area contributed by atoms with Crippen LogP contribution in [-0.2, 0) is 6.61 Å². The summed E-state index contributed by atoms with van der Waals surface area (Å²) in [6.07, 6.45) is 0. The molecule has 0 heterocycles. The third-order valence-corrected chi connectivity index (χ3v) is 4.21. The van der Waals surface area contributed by atoms with Gasteiger partial charge in [-0.3, -0.25) is 0 Å². The summed E-state index contributed by atoms with van der Waals surface area (Å²) in [5, 5.41) is 9.22. The van der Waals surface area contributed by atoms with Gasteiger partial charge in [0.2, 0.25) is 0 Å². The summed E-state index contributed by atoms with van der Waals surface area (Å²) in [5.41, 5.74) is 4.37. The van der Waals surface area contributed by atoms with E-state index in [0.717, 1.165) is 28.8 Å². The fraction of sp³-hybridized carbons (Fsp3) is 0.143. The summed E-state index contributed by atoms with van der Waals surface area (Å²) in [6, 6.07) is 15.3. The molecule has 0 fully saturated rings. The van der Waals surface area contributed by atoms with Gasteiger partial charge >= 0.3 is 0 Å². The largest absolute Gasteiger partial charge is 0.503 e. The summed E-state index contributed by atoms with van der Waals surface area (Å²) < 4.78 is 33.0. The minimum Gasteiger partial charge on any atom is -0.503 e. The molecule has 0 saturated carbocycles. The van der Waals surface area contributed by atoms with Crippen molar-refractivity contribution >= 4 is 0 Å². The molecule has 1 N–H and O–H groups in total. The molecule has 3 rings (SSSR count). The van der Waals surface area contributed by atoms with Crippen LogP contribution in [-0.4, -0.2) is 5.11 Å². The predicted molar refractivity (Wildman–Crippen MR) is 93.7 cm³/mol. The number of hydrogen-bond acceptors (Lipinski definition) is 2. The van der Waals surface area contributed by atoms with Crippen molar-refractivity contribution < 1.29 is 18.6 Å². The second kappa shape index (κ2) is 6.93. The van der Waals surface area contributed by atoms with Gasteiger partial charge in [0.1, 0.15) is 12.4 Å². The average Bonchev–Trinajstić information content (AvgIpc) is 2.59. The molecule has 0 bridgehead atoms. The Kier molecular flexibility index (Phi) is 4.70. The molecule has 0 radical (unpaired) electrons. The third-order valence-electron chi connectivity index (χ3n) is 4.21. The number of phenolic OH excluding ortho intramolecular Hbond substituents is 1. The maximum Gasteiger partial charge on any atom is 0.187 e. The van der Waals surface area contributed by atoms with Crippen LogP contribution >= 0.6 is 0 Å². The summed E-state index contributed by atoms with van der Waals surface area (Å²) in [5.74, 6) is -2.34. The molecule has 0 amide bonds. The molecular weight excluding hydrogens is 322 g/mol. The minimum atomic E-state index is -0.989. The molecule has 0 unspecified atom stereocenters. The van der Waals surface area contributed by atoms with Crippen LogP contribution in [0.2, 0.25) is 0 Å². The predicted octanol–water partition coefficient (Wildman–Crippen LogP) is 5.53. The van der Waals surface area contributed by atoms with Gasteiger partial charge in [-0.15, -0.1) is 0 Å². The number of rotatable bonds is 4. The smallest absolute Gasteiger partial charge is 0.187 e. The van der Waals surface area contributed by atoms with Crippen molar-refractivity contribution in [1.29, 1.82) is 0 Å². The number of halogens is 2. The Bertz CT molecular complexity index is 876. The summed E-state index contributed by atoms with van der Waals surface area (Å²) in [6.45, 7) is 4.48. The van der Waals surface area contributed by atoms with Crippen molar-refractivity contribution in [2.24, 2.45) is 0 Å². The zero-order valence-electron chi connectivity index (χ0n) is 14.0. The average molecular weight is 340 g/mol.